The number of likely N-dealkylation sites (tertiary alicyclic amines) is 1. The Balaban J connectivity index is 1.49. The maximum atomic E-state index is 12.5. The number of benzene rings is 1. The van der Waals surface area contributed by atoms with Gasteiger partial charge in [0.1, 0.15) is 6.04 Å². The highest BCUT2D eigenvalue weighted by molar-refractivity contribution is 5.78. The molecule has 1 amide bonds. The lowest BCUT2D eigenvalue weighted by atomic mass is 10.2. The SMILES string of the molecule is C[N+](C)(CCNc1nc(-c2ccccc2)no1)CC(=O)N1CCCC1C#N. The van der Waals surface area contributed by atoms with Gasteiger partial charge in [-0.25, -0.2) is 0 Å². The first kappa shape index (κ1) is 18.9. The van der Waals surface area contributed by atoms with Gasteiger partial charge in [0.25, 0.3) is 5.91 Å². The predicted molar refractivity (Wildman–Crippen MR) is 100 cm³/mol. The molecule has 1 atom stereocenters. The quantitative estimate of drug-likeness (QED) is 0.747. The molecule has 0 bridgehead atoms. The number of nitrogens with one attached hydrogen (secondary N) is 1. The van der Waals surface area contributed by atoms with E-state index >= 15 is 0 Å². The van der Waals surface area contributed by atoms with Crippen molar-refractivity contribution in [1.82, 2.24) is 15.0 Å². The van der Waals surface area contributed by atoms with Gasteiger partial charge in [-0.05, 0) is 12.8 Å². The van der Waals surface area contributed by atoms with E-state index in [2.05, 4.69) is 21.5 Å². The van der Waals surface area contributed by atoms with Crippen molar-refractivity contribution >= 4 is 11.9 Å². The van der Waals surface area contributed by atoms with Crippen molar-refractivity contribution in [1.29, 1.82) is 5.26 Å². The van der Waals surface area contributed by atoms with Gasteiger partial charge in [0.15, 0.2) is 6.54 Å². The van der Waals surface area contributed by atoms with Crippen LogP contribution in [0.25, 0.3) is 11.4 Å². The summed E-state index contributed by atoms with van der Waals surface area (Å²) in [6, 6.07) is 11.9. The van der Waals surface area contributed by atoms with Gasteiger partial charge in [-0.15, -0.1) is 0 Å². The van der Waals surface area contributed by atoms with Crippen LogP contribution in [-0.2, 0) is 4.79 Å². The second-order valence-electron chi connectivity index (χ2n) is 7.41. The van der Waals surface area contributed by atoms with E-state index in [9.17, 15) is 4.79 Å². The Bertz CT molecular complexity index is 811. The summed E-state index contributed by atoms with van der Waals surface area (Å²) >= 11 is 0. The number of anilines is 1. The molecule has 1 N–H and O–H groups in total. The smallest absolute Gasteiger partial charge is 0.322 e. The minimum atomic E-state index is -0.273. The Morgan fingerprint density at radius 2 is 2.19 bits per heavy atom. The molecule has 1 unspecified atom stereocenters. The number of likely N-dealkylation sites (N-methyl/N-ethyl adjacent to an activating group) is 1. The number of amides is 1. The molecule has 27 heavy (non-hydrogen) atoms. The van der Waals surface area contributed by atoms with Crippen LogP contribution in [0.3, 0.4) is 0 Å². The molecule has 142 valence electrons. The number of rotatable bonds is 7. The van der Waals surface area contributed by atoms with E-state index in [0.717, 1.165) is 18.4 Å². The Labute approximate surface area is 159 Å². The van der Waals surface area contributed by atoms with Crippen LogP contribution in [0.15, 0.2) is 34.9 Å². The van der Waals surface area contributed by atoms with Crippen LogP contribution in [0.4, 0.5) is 6.01 Å². The zero-order valence-corrected chi connectivity index (χ0v) is 15.8. The molecule has 2 aromatic rings. The number of aromatic nitrogens is 2. The van der Waals surface area contributed by atoms with Crippen LogP contribution >= 0.6 is 0 Å². The van der Waals surface area contributed by atoms with Crippen molar-refractivity contribution in [2.45, 2.75) is 18.9 Å². The van der Waals surface area contributed by atoms with Crippen molar-refractivity contribution in [2.75, 3.05) is 45.6 Å². The van der Waals surface area contributed by atoms with Crippen LogP contribution in [0.1, 0.15) is 12.8 Å². The van der Waals surface area contributed by atoms with Crippen LogP contribution in [0, 0.1) is 11.3 Å². The summed E-state index contributed by atoms with van der Waals surface area (Å²) in [5, 5.41) is 16.2. The van der Waals surface area contributed by atoms with E-state index in [4.69, 9.17) is 9.78 Å². The molecule has 0 radical (unpaired) electrons. The van der Waals surface area contributed by atoms with Crippen molar-refractivity contribution in [2.24, 2.45) is 0 Å². The van der Waals surface area contributed by atoms with Crippen LogP contribution < -0.4 is 5.32 Å². The summed E-state index contributed by atoms with van der Waals surface area (Å²) in [4.78, 5) is 18.6. The molecular weight excluding hydrogens is 344 g/mol. The number of hydrogen-bond donors (Lipinski definition) is 1. The lowest BCUT2D eigenvalue weighted by molar-refractivity contribution is -0.881. The molecule has 1 fully saturated rings. The highest BCUT2D eigenvalue weighted by Crippen LogP contribution is 2.18. The van der Waals surface area contributed by atoms with Crippen molar-refractivity contribution in [3.05, 3.63) is 30.3 Å². The van der Waals surface area contributed by atoms with Gasteiger partial charge in [0, 0.05) is 12.1 Å². The maximum absolute atomic E-state index is 12.5. The van der Waals surface area contributed by atoms with Gasteiger partial charge in [0.2, 0.25) is 5.82 Å². The lowest BCUT2D eigenvalue weighted by Crippen LogP contribution is -2.51. The van der Waals surface area contributed by atoms with Gasteiger partial charge >= 0.3 is 6.01 Å². The molecule has 1 aliphatic heterocycles. The Morgan fingerprint density at radius 1 is 1.41 bits per heavy atom. The molecule has 8 heteroatoms. The monoisotopic (exact) mass is 369 g/mol. The molecule has 1 aromatic carbocycles. The lowest BCUT2D eigenvalue weighted by Gasteiger charge is -2.31. The third-order valence-corrected chi connectivity index (χ3v) is 4.74. The fourth-order valence-electron chi connectivity index (χ4n) is 3.20. The molecular formula is C19H25N6O2+. The molecule has 1 aliphatic rings. The second-order valence-corrected chi connectivity index (χ2v) is 7.41. The molecule has 0 spiro atoms. The number of nitriles is 1. The summed E-state index contributed by atoms with van der Waals surface area (Å²) in [5.74, 6) is 0.576. The molecule has 3 rings (SSSR count). The van der Waals surface area contributed by atoms with Crippen molar-refractivity contribution in [3.8, 4) is 17.5 Å². The predicted octanol–water partition coefficient (Wildman–Crippen LogP) is 1.74. The van der Waals surface area contributed by atoms with E-state index in [0.29, 0.717) is 42.5 Å². The van der Waals surface area contributed by atoms with Crippen LogP contribution in [0.5, 0.6) is 0 Å². The first-order chi connectivity index (χ1) is 13.0. The van der Waals surface area contributed by atoms with E-state index in [1.54, 1.807) is 4.90 Å². The van der Waals surface area contributed by atoms with Crippen molar-refractivity contribution in [3.63, 3.8) is 0 Å². The topological polar surface area (TPSA) is 95.1 Å². The van der Waals surface area contributed by atoms with Crippen molar-refractivity contribution < 1.29 is 13.8 Å². The van der Waals surface area contributed by atoms with Gasteiger partial charge in [-0.2, -0.15) is 10.2 Å². The Kier molecular flexibility index (Phi) is 5.72. The maximum Gasteiger partial charge on any atom is 0.322 e. The average molecular weight is 369 g/mol. The van der Waals surface area contributed by atoms with E-state index < -0.39 is 0 Å². The molecule has 1 aromatic heterocycles. The highest BCUT2D eigenvalue weighted by atomic mass is 16.5. The average Bonchev–Trinajstić information content (AvgIpc) is 3.31. The first-order valence-electron chi connectivity index (χ1n) is 9.12. The van der Waals surface area contributed by atoms with Gasteiger partial charge in [0.05, 0.1) is 33.3 Å². The molecule has 2 heterocycles. The summed E-state index contributed by atoms with van der Waals surface area (Å²) in [6.07, 6.45) is 1.68. The summed E-state index contributed by atoms with van der Waals surface area (Å²) in [5.41, 5.74) is 0.897. The summed E-state index contributed by atoms with van der Waals surface area (Å²) in [6.45, 7) is 2.34. The minimum absolute atomic E-state index is 0.0354. The highest BCUT2D eigenvalue weighted by Gasteiger charge is 2.32. The normalized spacial score (nSPS) is 16.9. The molecule has 1 saturated heterocycles. The molecule has 0 aliphatic carbocycles. The number of carbonyl (C=O) groups is 1. The number of quaternary nitrogens is 1. The summed E-state index contributed by atoms with van der Waals surface area (Å²) < 4.78 is 5.75. The third-order valence-electron chi connectivity index (χ3n) is 4.74. The summed E-state index contributed by atoms with van der Waals surface area (Å²) in [7, 11) is 4.00. The zero-order valence-electron chi connectivity index (χ0n) is 15.8. The Morgan fingerprint density at radius 3 is 2.93 bits per heavy atom. The third kappa shape index (κ3) is 4.83. The minimum Gasteiger partial charge on any atom is -0.332 e. The number of nitrogens with zero attached hydrogens (tertiary/aromatic N) is 5. The number of hydrogen-bond acceptors (Lipinski definition) is 6. The van der Waals surface area contributed by atoms with Crippen LogP contribution in [-0.4, -0.2) is 71.7 Å². The van der Waals surface area contributed by atoms with Crippen LogP contribution in [0.2, 0.25) is 0 Å². The fraction of sp³-hybridized carbons (Fsp3) is 0.474. The zero-order chi connectivity index (χ0) is 19.3. The standard InChI is InChI=1S/C19H25N6O2/c1-25(2,14-17(26)24-11-6-9-16(24)13-20)12-10-21-19-22-18(23-27-19)15-7-4-3-5-8-15/h3-5,7-8,16H,6,9-12,14H2,1-2H3,(H,21,22,23)/q+1. The fourth-order valence-corrected chi connectivity index (χ4v) is 3.20. The van der Waals surface area contributed by atoms with E-state index in [1.165, 1.54) is 0 Å². The largest absolute Gasteiger partial charge is 0.332 e. The van der Waals surface area contributed by atoms with Gasteiger partial charge in [-0.1, -0.05) is 35.5 Å². The second kappa shape index (κ2) is 8.18. The number of carbonyl (C=O) groups excluding carboxylic acids is 1. The van der Waals surface area contributed by atoms with E-state index in [1.807, 2.05) is 44.4 Å². The Hall–Kier alpha value is -2.92. The van der Waals surface area contributed by atoms with Gasteiger partial charge in [-0.3, -0.25) is 4.79 Å². The van der Waals surface area contributed by atoms with Gasteiger partial charge < -0.3 is 19.2 Å². The van der Waals surface area contributed by atoms with E-state index in [-0.39, 0.29) is 11.9 Å². The molecule has 8 nitrogen and oxygen atoms in total. The molecule has 0 saturated carbocycles. The first-order valence-corrected chi connectivity index (χ1v) is 9.12.